The lowest BCUT2D eigenvalue weighted by Crippen LogP contribution is -2.14. The smallest absolute Gasteiger partial charge is 0.257 e. The van der Waals surface area contributed by atoms with Crippen molar-refractivity contribution in [1.29, 1.82) is 0 Å². The molecule has 5 heteroatoms. The molecule has 0 aliphatic heterocycles. The summed E-state index contributed by atoms with van der Waals surface area (Å²) in [6, 6.07) is 12.3. The molecule has 1 amide bonds. The highest BCUT2D eigenvalue weighted by Gasteiger charge is 2.19. The molecule has 1 aliphatic rings. The number of methoxy groups -OCH3 is 1. The second-order valence-electron chi connectivity index (χ2n) is 5.82. The molecule has 0 unspecified atom stereocenters. The summed E-state index contributed by atoms with van der Waals surface area (Å²) >= 11 is 6.07. The Morgan fingerprint density at radius 3 is 2.58 bits per heavy atom. The summed E-state index contributed by atoms with van der Waals surface area (Å²) in [4.78, 5) is 12.4. The molecule has 0 bridgehead atoms. The Bertz CT molecular complexity index is 726. The molecule has 0 heterocycles. The van der Waals surface area contributed by atoms with E-state index in [-0.39, 0.29) is 12.0 Å². The van der Waals surface area contributed by atoms with E-state index in [0.717, 1.165) is 12.8 Å². The summed E-state index contributed by atoms with van der Waals surface area (Å²) in [7, 11) is 1.61. The van der Waals surface area contributed by atoms with Crippen LogP contribution in [-0.4, -0.2) is 19.1 Å². The number of anilines is 1. The van der Waals surface area contributed by atoms with E-state index in [1.807, 2.05) is 0 Å². The molecule has 4 nitrogen and oxygen atoms in total. The van der Waals surface area contributed by atoms with Gasteiger partial charge in [0, 0.05) is 11.8 Å². The quantitative estimate of drug-likeness (QED) is 0.836. The minimum Gasteiger partial charge on any atom is -0.493 e. The molecule has 24 heavy (non-hydrogen) atoms. The SMILES string of the molecule is COc1ccc(NC(=O)c2ccccc2Cl)cc1OC1CCCC1. The molecule has 2 aromatic rings. The third-order valence-electron chi connectivity index (χ3n) is 4.14. The van der Waals surface area contributed by atoms with E-state index in [1.165, 1.54) is 12.8 Å². The monoisotopic (exact) mass is 345 g/mol. The van der Waals surface area contributed by atoms with Crippen molar-refractivity contribution >= 4 is 23.2 Å². The Balaban J connectivity index is 1.78. The number of hydrogen-bond acceptors (Lipinski definition) is 3. The van der Waals surface area contributed by atoms with Crippen molar-refractivity contribution in [3.05, 3.63) is 53.1 Å². The molecule has 3 rings (SSSR count). The minimum absolute atomic E-state index is 0.216. The molecule has 0 spiro atoms. The molecule has 0 aromatic heterocycles. The molecular weight excluding hydrogens is 326 g/mol. The Morgan fingerprint density at radius 1 is 1.12 bits per heavy atom. The second kappa shape index (κ2) is 7.58. The van der Waals surface area contributed by atoms with E-state index < -0.39 is 0 Å². The lowest BCUT2D eigenvalue weighted by Gasteiger charge is -2.17. The number of hydrogen-bond donors (Lipinski definition) is 1. The fraction of sp³-hybridized carbons (Fsp3) is 0.316. The average molecular weight is 346 g/mol. The zero-order valence-electron chi connectivity index (χ0n) is 13.5. The number of amides is 1. The van der Waals surface area contributed by atoms with Gasteiger partial charge in [-0.2, -0.15) is 0 Å². The molecule has 1 saturated carbocycles. The summed E-state index contributed by atoms with van der Waals surface area (Å²) in [6.07, 6.45) is 4.71. The van der Waals surface area contributed by atoms with Crippen molar-refractivity contribution in [3.8, 4) is 11.5 Å². The van der Waals surface area contributed by atoms with Crippen molar-refractivity contribution in [1.82, 2.24) is 0 Å². The maximum atomic E-state index is 12.4. The van der Waals surface area contributed by atoms with E-state index >= 15 is 0 Å². The van der Waals surface area contributed by atoms with Gasteiger partial charge < -0.3 is 14.8 Å². The second-order valence-corrected chi connectivity index (χ2v) is 6.23. The molecule has 1 fully saturated rings. The predicted molar refractivity (Wildman–Crippen MR) is 95.3 cm³/mol. The van der Waals surface area contributed by atoms with Crippen LogP contribution >= 0.6 is 11.6 Å². The van der Waals surface area contributed by atoms with Gasteiger partial charge in [-0.1, -0.05) is 23.7 Å². The topological polar surface area (TPSA) is 47.6 Å². The molecule has 2 aromatic carbocycles. The van der Waals surface area contributed by atoms with Crippen LogP contribution in [0.1, 0.15) is 36.0 Å². The van der Waals surface area contributed by atoms with Crippen molar-refractivity contribution in [2.24, 2.45) is 0 Å². The van der Waals surface area contributed by atoms with Crippen LogP contribution in [-0.2, 0) is 0 Å². The number of carbonyl (C=O) groups excluding carboxylic acids is 1. The highest BCUT2D eigenvalue weighted by atomic mass is 35.5. The van der Waals surface area contributed by atoms with Gasteiger partial charge in [-0.25, -0.2) is 0 Å². The highest BCUT2D eigenvalue weighted by Crippen LogP contribution is 2.34. The highest BCUT2D eigenvalue weighted by molar-refractivity contribution is 6.34. The van der Waals surface area contributed by atoms with Crippen LogP contribution in [0.2, 0.25) is 5.02 Å². The number of halogens is 1. The molecule has 1 aliphatic carbocycles. The molecule has 0 radical (unpaired) electrons. The summed E-state index contributed by atoms with van der Waals surface area (Å²) < 4.78 is 11.4. The van der Waals surface area contributed by atoms with Gasteiger partial charge in [-0.05, 0) is 49.9 Å². The van der Waals surface area contributed by atoms with E-state index in [4.69, 9.17) is 21.1 Å². The lowest BCUT2D eigenvalue weighted by molar-refractivity contribution is 0.102. The molecule has 0 saturated heterocycles. The first-order chi connectivity index (χ1) is 11.7. The van der Waals surface area contributed by atoms with Crippen LogP contribution in [0, 0.1) is 0 Å². The molecule has 126 valence electrons. The van der Waals surface area contributed by atoms with Crippen LogP contribution in [0.25, 0.3) is 0 Å². The van der Waals surface area contributed by atoms with Gasteiger partial charge in [0.05, 0.1) is 23.8 Å². The van der Waals surface area contributed by atoms with Gasteiger partial charge in [0.15, 0.2) is 11.5 Å². The van der Waals surface area contributed by atoms with E-state index in [2.05, 4.69) is 5.32 Å². The first kappa shape index (κ1) is 16.7. The molecular formula is C19H20ClNO3. The zero-order chi connectivity index (χ0) is 16.9. The normalized spacial score (nSPS) is 14.4. The lowest BCUT2D eigenvalue weighted by atomic mass is 10.2. The van der Waals surface area contributed by atoms with Crippen LogP contribution < -0.4 is 14.8 Å². The number of rotatable bonds is 5. The predicted octanol–water partition coefficient (Wildman–Crippen LogP) is 4.92. The van der Waals surface area contributed by atoms with Crippen molar-refractivity contribution in [2.45, 2.75) is 31.8 Å². The Morgan fingerprint density at radius 2 is 1.88 bits per heavy atom. The first-order valence-electron chi connectivity index (χ1n) is 8.08. The van der Waals surface area contributed by atoms with Gasteiger partial charge in [0.1, 0.15) is 0 Å². The number of benzene rings is 2. The fourth-order valence-electron chi connectivity index (χ4n) is 2.88. The van der Waals surface area contributed by atoms with Gasteiger partial charge in [-0.15, -0.1) is 0 Å². The number of carbonyl (C=O) groups is 1. The Hall–Kier alpha value is -2.20. The number of ether oxygens (including phenoxy) is 2. The Labute approximate surface area is 146 Å². The summed E-state index contributed by atoms with van der Waals surface area (Å²) in [5.74, 6) is 1.07. The summed E-state index contributed by atoms with van der Waals surface area (Å²) in [6.45, 7) is 0. The van der Waals surface area contributed by atoms with Gasteiger partial charge in [0.2, 0.25) is 0 Å². The van der Waals surface area contributed by atoms with Crippen molar-refractivity contribution in [3.63, 3.8) is 0 Å². The van der Waals surface area contributed by atoms with Crippen LogP contribution in [0.4, 0.5) is 5.69 Å². The third kappa shape index (κ3) is 3.82. The first-order valence-corrected chi connectivity index (χ1v) is 8.46. The van der Waals surface area contributed by atoms with Gasteiger partial charge >= 0.3 is 0 Å². The summed E-state index contributed by atoms with van der Waals surface area (Å²) in [5, 5.41) is 3.28. The van der Waals surface area contributed by atoms with E-state index in [1.54, 1.807) is 49.6 Å². The van der Waals surface area contributed by atoms with Gasteiger partial charge in [0.25, 0.3) is 5.91 Å². The van der Waals surface area contributed by atoms with Crippen LogP contribution in [0.5, 0.6) is 11.5 Å². The summed E-state index contributed by atoms with van der Waals surface area (Å²) in [5.41, 5.74) is 1.09. The van der Waals surface area contributed by atoms with E-state index in [0.29, 0.717) is 27.8 Å². The number of nitrogens with one attached hydrogen (secondary N) is 1. The van der Waals surface area contributed by atoms with Crippen LogP contribution in [0.3, 0.4) is 0 Å². The zero-order valence-corrected chi connectivity index (χ0v) is 14.3. The standard InChI is InChI=1S/C19H20ClNO3/c1-23-17-11-10-13(12-18(17)24-14-6-2-3-7-14)21-19(22)15-8-4-5-9-16(15)20/h4-5,8-12,14H,2-3,6-7H2,1H3,(H,21,22). The fourth-order valence-corrected chi connectivity index (χ4v) is 3.10. The maximum absolute atomic E-state index is 12.4. The van der Waals surface area contributed by atoms with Crippen molar-refractivity contribution < 1.29 is 14.3 Å². The van der Waals surface area contributed by atoms with E-state index in [9.17, 15) is 4.79 Å². The van der Waals surface area contributed by atoms with Gasteiger partial charge in [-0.3, -0.25) is 4.79 Å². The average Bonchev–Trinajstić information content (AvgIpc) is 3.08. The van der Waals surface area contributed by atoms with Crippen molar-refractivity contribution in [2.75, 3.05) is 12.4 Å². The third-order valence-corrected chi connectivity index (χ3v) is 4.47. The molecule has 1 N–H and O–H groups in total. The minimum atomic E-state index is -0.252. The Kier molecular flexibility index (Phi) is 5.26. The van der Waals surface area contributed by atoms with Crippen LogP contribution in [0.15, 0.2) is 42.5 Å². The molecule has 0 atom stereocenters. The maximum Gasteiger partial charge on any atom is 0.257 e. The largest absolute Gasteiger partial charge is 0.493 e.